The molecule has 0 radical (unpaired) electrons. The van der Waals surface area contributed by atoms with Crippen LogP contribution in [0.4, 0.5) is 0 Å². The summed E-state index contributed by atoms with van der Waals surface area (Å²) in [4.78, 5) is 4.78. The summed E-state index contributed by atoms with van der Waals surface area (Å²) < 4.78 is 4.32. The van der Waals surface area contributed by atoms with E-state index in [0.29, 0.717) is 5.84 Å². The number of nitrogens with zero attached hydrogens (tertiary/aromatic N) is 3. The van der Waals surface area contributed by atoms with E-state index in [-0.39, 0.29) is 0 Å². The molecule has 3 aromatic carbocycles. The number of fused-ring (bicyclic) bond motifs is 7. The molecule has 0 saturated carbocycles. The zero-order valence-electron chi connectivity index (χ0n) is 24.9. The van der Waals surface area contributed by atoms with Crippen LogP contribution in [-0.2, 0) is 12.8 Å². The smallest absolute Gasteiger partial charge is 0.137 e. The molecule has 43 heavy (non-hydrogen) atoms. The van der Waals surface area contributed by atoms with Gasteiger partial charge in [0, 0.05) is 27.9 Å². The Kier molecular flexibility index (Phi) is 6.36. The second-order valence-corrected chi connectivity index (χ2v) is 11.4. The van der Waals surface area contributed by atoms with Gasteiger partial charge in [-0.05, 0) is 122 Å². The monoisotopic (exact) mass is 558 g/mol. The van der Waals surface area contributed by atoms with E-state index in [1.807, 2.05) is 37.4 Å². The summed E-state index contributed by atoms with van der Waals surface area (Å²) in [5.41, 5.74) is 12.7. The molecule has 1 N–H and O–H groups in total. The van der Waals surface area contributed by atoms with Crippen LogP contribution in [0.25, 0.3) is 61.8 Å². The van der Waals surface area contributed by atoms with E-state index < -0.39 is 0 Å². The van der Waals surface area contributed by atoms with Gasteiger partial charge in [-0.25, -0.2) is 4.98 Å². The Morgan fingerprint density at radius 1 is 0.884 bits per heavy atom. The summed E-state index contributed by atoms with van der Waals surface area (Å²) in [6.07, 6.45) is 13.7. The molecule has 3 aromatic heterocycles. The number of allylic oxidation sites excluding steroid dienone is 4. The Morgan fingerprint density at radius 2 is 1.60 bits per heavy atom. The van der Waals surface area contributed by atoms with E-state index in [1.165, 1.54) is 38.4 Å². The Labute approximate surface area is 252 Å². The van der Waals surface area contributed by atoms with Crippen molar-refractivity contribution in [3.8, 4) is 16.9 Å². The molecule has 0 saturated heterocycles. The highest BCUT2D eigenvalue weighted by molar-refractivity contribution is 6.17. The van der Waals surface area contributed by atoms with Crippen molar-refractivity contribution in [2.24, 2.45) is 0 Å². The highest BCUT2D eigenvalue weighted by Crippen LogP contribution is 2.43. The van der Waals surface area contributed by atoms with Crippen LogP contribution in [0.5, 0.6) is 0 Å². The molecule has 6 aromatic rings. The lowest BCUT2D eigenvalue weighted by atomic mass is 9.84. The molecule has 4 heteroatoms. The Hall–Kier alpha value is -5.22. The third kappa shape index (κ3) is 4.13. The first kappa shape index (κ1) is 26.7. The Morgan fingerprint density at radius 3 is 2.30 bits per heavy atom. The van der Waals surface area contributed by atoms with Crippen LogP contribution < -0.4 is 0 Å². The Balaban J connectivity index is 1.55. The van der Waals surface area contributed by atoms with Gasteiger partial charge in [-0.2, -0.15) is 0 Å². The zero-order valence-corrected chi connectivity index (χ0v) is 24.9. The molecule has 4 nitrogen and oxygen atoms in total. The average Bonchev–Trinajstić information content (AvgIpc) is 3.50. The van der Waals surface area contributed by atoms with Gasteiger partial charge in [0.05, 0.1) is 22.2 Å². The van der Waals surface area contributed by atoms with Crippen molar-refractivity contribution >= 4 is 50.7 Å². The predicted octanol–water partition coefficient (Wildman–Crippen LogP) is 9.84. The summed E-state index contributed by atoms with van der Waals surface area (Å²) in [5.74, 6) is 1.32. The first-order valence-corrected chi connectivity index (χ1v) is 14.8. The fourth-order valence-corrected chi connectivity index (χ4v) is 6.70. The van der Waals surface area contributed by atoms with Crippen LogP contribution >= 0.6 is 0 Å². The minimum atomic E-state index is 0.432. The van der Waals surface area contributed by atoms with Gasteiger partial charge in [0.1, 0.15) is 11.7 Å². The van der Waals surface area contributed by atoms with E-state index in [0.717, 1.165) is 57.6 Å². The first-order valence-electron chi connectivity index (χ1n) is 14.8. The molecule has 3 heterocycles. The SMILES string of the molecule is C=C/C(C)=C\C(=N)n1c2ccccc2c2cc3c(cc21)-c1cc2c(cc1CC3)c(/C=C\C)c(C=C)n2-c1cc(C)ccn1. The summed E-state index contributed by atoms with van der Waals surface area (Å²) in [6, 6.07) is 22.0. The van der Waals surface area contributed by atoms with Gasteiger partial charge in [-0.3, -0.25) is 14.5 Å². The summed E-state index contributed by atoms with van der Waals surface area (Å²) in [5, 5.41) is 12.6. The van der Waals surface area contributed by atoms with Gasteiger partial charge < -0.3 is 0 Å². The fourth-order valence-electron chi connectivity index (χ4n) is 6.70. The molecule has 0 unspecified atom stereocenters. The third-order valence-electron chi connectivity index (χ3n) is 8.70. The van der Waals surface area contributed by atoms with Crippen molar-refractivity contribution in [2.45, 2.75) is 33.6 Å². The molecule has 7 rings (SSSR count). The lowest BCUT2D eigenvalue weighted by Crippen LogP contribution is -2.09. The van der Waals surface area contributed by atoms with E-state index in [1.54, 1.807) is 6.08 Å². The number of hydrogen-bond donors (Lipinski definition) is 1. The van der Waals surface area contributed by atoms with Gasteiger partial charge in [-0.15, -0.1) is 0 Å². The highest BCUT2D eigenvalue weighted by atomic mass is 15.1. The van der Waals surface area contributed by atoms with Gasteiger partial charge >= 0.3 is 0 Å². The predicted molar refractivity (Wildman–Crippen MR) is 184 cm³/mol. The van der Waals surface area contributed by atoms with E-state index >= 15 is 0 Å². The van der Waals surface area contributed by atoms with Crippen molar-refractivity contribution in [3.63, 3.8) is 0 Å². The van der Waals surface area contributed by atoms with Crippen LogP contribution in [0.3, 0.4) is 0 Å². The van der Waals surface area contributed by atoms with Gasteiger partial charge in [-0.1, -0.05) is 49.6 Å². The van der Waals surface area contributed by atoms with Crippen molar-refractivity contribution < 1.29 is 0 Å². The molecule has 1 aliphatic carbocycles. The number of rotatable bonds is 5. The molecule has 0 fully saturated rings. The minimum absolute atomic E-state index is 0.432. The molecule has 1 aliphatic rings. The van der Waals surface area contributed by atoms with Crippen molar-refractivity contribution in [1.29, 1.82) is 5.41 Å². The van der Waals surface area contributed by atoms with Gasteiger partial charge in [0.15, 0.2) is 0 Å². The second-order valence-electron chi connectivity index (χ2n) is 11.4. The maximum Gasteiger partial charge on any atom is 0.137 e. The van der Waals surface area contributed by atoms with Crippen molar-refractivity contribution in [2.75, 3.05) is 0 Å². The largest absolute Gasteiger partial charge is 0.294 e. The summed E-state index contributed by atoms with van der Waals surface area (Å²) in [7, 11) is 0. The minimum Gasteiger partial charge on any atom is -0.294 e. The lowest BCUT2D eigenvalue weighted by molar-refractivity contribution is 0.945. The maximum absolute atomic E-state index is 9.08. The van der Waals surface area contributed by atoms with E-state index in [9.17, 15) is 0 Å². The number of aromatic nitrogens is 3. The van der Waals surface area contributed by atoms with Gasteiger partial charge in [0.2, 0.25) is 0 Å². The topological polar surface area (TPSA) is 46.6 Å². The molecule has 0 aliphatic heterocycles. The molecule has 210 valence electrons. The average molecular weight is 559 g/mol. The van der Waals surface area contributed by atoms with Crippen LogP contribution in [0.1, 0.15) is 41.8 Å². The number of nitrogens with one attached hydrogen (secondary N) is 1. The number of para-hydroxylation sites is 1. The molecule has 0 spiro atoms. The van der Waals surface area contributed by atoms with Crippen molar-refractivity contribution in [1.82, 2.24) is 14.1 Å². The van der Waals surface area contributed by atoms with Crippen LogP contribution in [0.15, 0.2) is 104 Å². The van der Waals surface area contributed by atoms with Gasteiger partial charge in [0.25, 0.3) is 0 Å². The number of aryl methyl sites for hydroxylation is 3. The summed E-state index contributed by atoms with van der Waals surface area (Å²) >= 11 is 0. The molecule has 0 amide bonds. The zero-order chi connectivity index (χ0) is 29.8. The van der Waals surface area contributed by atoms with E-state index in [2.05, 4.69) is 96.8 Å². The highest BCUT2D eigenvalue weighted by Gasteiger charge is 2.24. The van der Waals surface area contributed by atoms with Crippen LogP contribution in [-0.4, -0.2) is 20.0 Å². The quantitative estimate of drug-likeness (QED) is 0.128. The molecular formula is C39H34N4. The number of pyridine rings is 1. The first-order chi connectivity index (χ1) is 20.9. The second kappa shape index (κ2) is 10.2. The molecule has 0 atom stereocenters. The maximum atomic E-state index is 9.08. The third-order valence-corrected chi connectivity index (χ3v) is 8.70. The number of hydrogen-bond acceptors (Lipinski definition) is 2. The summed E-state index contributed by atoms with van der Waals surface area (Å²) in [6.45, 7) is 14.2. The van der Waals surface area contributed by atoms with Crippen molar-refractivity contribution in [3.05, 3.63) is 132 Å². The normalized spacial score (nSPS) is 13.1. The van der Waals surface area contributed by atoms with Crippen LogP contribution in [0.2, 0.25) is 0 Å². The van der Waals surface area contributed by atoms with E-state index in [4.69, 9.17) is 10.4 Å². The molecular weight excluding hydrogens is 524 g/mol. The van der Waals surface area contributed by atoms with Crippen LogP contribution in [0, 0.1) is 12.3 Å². The molecule has 0 bridgehead atoms. The number of benzene rings is 3. The Bertz CT molecular complexity index is 2210. The lowest BCUT2D eigenvalue weighted by Gasteiger charge is -2.21. The fraction of sp³-hybridized carbons (Fsp3) is 0.128. The standard InChI is InChI=1S/C39H34N4/c1-6-11-28-32-20-26-14-15-27-21-33-29-12-9-10-13-35(29)42(38(40)18-24(4)7-2)36(33)22-30(27)31(26)23-37(32)43(34(28)8-3)39-19-25(5)16-17-41-39/h6-13,16-23,40H,2-3,14-15H2,1,4-5H3/b11-6-,24-18-,40-38?.